The van der Waals surface area contributed by atoms with Crippen LogP contribution in [0.4, 0.5) is 5.69 Å². The van der Waals surface area contributed by atoms with Gasteiger partial charge in [-0.3, -0.25) is 4.79 Å². The molecule has 112 valence electrons. The first-order valence-electron chi connectivity index (χ1n) is 7.22. The number of rotatable bonds is 6. The second-order valence-corrected chi connectivity index (χ2v) is 5.92. The van der Waals surface area contributed by atoms with Crippen LogP contribution in [-0.2, 0) is 6.54 Å². The molecule has 0 spiro atoms. The van der Waals surface area contributed by atoms with Gasteiger partial charge in [-0.25, -0.2) is 4.68 Å². The van der Waals surface area contributed by atoms with Crippen molar-refractivity contribution in [2.75, 3.05) is 18.5 Å². The highest BCUT2D eigenvalue weighted by molar-refractivity contribution is 6.32. The lowest BCUT2D eigenvalue weighted by Gasteiger charge is -2.28. The Hall–Kier alpha value is -1.07. The Morgan fingerprint density at radius 1 is 1.50 bits per heavy atom. The number of aromatic nitrogens is 2. The Kier molecular flexibility index (Phi) is 5.05. The van der Waals surface area contributed by atoms with Crippen molar-refractivity contribution >= 4 is 17.3 Å². The number of aliphatic hydroxyl groups is 1. The average Bonchev–Trinajstić information content (AvgIpc) is 2.93. The maximum absolute atomic E-state index is 11.9. The van der Waals surface area contributed by atoms with E-state index in [0.717, 1.165) is 13.0 Å². The number of hydrogen-bond donors (Lipinski definition) is 2. The first-order chi connectivity index (χ1) is 9.62. The van der Waals surface area contributed by atoms with Crippen LogP contribution in [0.2, 0.25) is 5.02 Å². The fraction of sp³-hybridized carbons (Fsp3) is 0.714. The van der Waals surface area contributed by atoms with Gasteiger partial charge in [0.25, 0.3) is 5.56 Å². The smallest absolute Gasteiger partial charge is 0.287 e. The summed E-state index contributed by atoms with van der Waals surface area (Å²) in [6.45, 7) is 3.08. The molecule has 0 aromatic carbocycles. The predicted octanol–water partition coefficient (Wildman–Crippen LogP) is 2.27. The third-order valence-electron chi connectivity index (χ3n) is 4.36. The summed E-state index contributed by atoms with van der Waals surface area (Å²) >= 11 is 6.09. The summed E-state index contributed by atoms with van der Waals surface area (Å²) in [6, 6.07) is 0. The topological polar surface area (TPSA) is 67.2 Å². The normalized spacial score (nSPS) is 17.4. The van der Waals surface area contributed by atoms with Crippen LogP contribution < -0.4 is 10.9 Å². The first kappa shape index (κ1) is 15.3. The minimum Gasteiger partial charge on any atom is -0.394 e. The van der Waals surface area contributed by atoms with Crippen LogP contribution in [0.3, 0.4) is 0 Å². The molecule has 0 bridgehead atoms. The summed E-state index contributed by atoms with van der Waals surface area (Å²) in [7, 11) is 0. The Balaban J connectivity index is 2.10. The average molecular weight is 300 g/mol. The van der Waals surface area contributed by atoms with Gasteiger partial charge in [-0.15, -0.1) is 0 Å². The first-order valence-corrected chi connectivity index (χ1v) is 7.60. The fourth-order valence-electron chi connectivity index (χ4n) is 2.91. The summed E-state index contributed by atoms with van der Waals surface area (Å²) in [5, 5.41) is 16.3. The number of nitrogens with one attached hydrogen (secondary N) is 1. The van der Waals surface area contributed by atoms with Crippen LogP contribution in [0.25, 0.3) is 0 Å². The second kappa shape index (κ2) is 6.59. The molecule has 1 heterocycles. The van der Waals surface area contributed by atoms with Crippen molar-refractivity contribution in [3.05, 3.63) is 21.6 Å². The van der Waals surface area contributed by atoms with E-state index in [-0.39, 0.29) is 23.7 Å². The summed E-state index contributed by atoms with van der Waals surface area (Å²) in [5.41, 5.74) is 0.553. The zero-order valence-corrected chi connectivity index (χ0v) is 12.6. The Labute approximate surface area is 124 Å². The van der Waals surface area contributed by atoms with Crippen LogP contribution in [0.15, 0.2) is 11.0 Å². The number of aliphatic hydroxyl groups excluding tert-OH is 1. The van der Waals surface area contributed by atoms with Gasteiger partial charge < -0.3 is 10.4 Å². The highest BCUT2D eigenvalue weighted by Gasteiger charge is 2.31. The van der Waals surface area contributed by atoms with Crippen molar-refractivity contribution in [1.82, 2.24) is 9.78 Å². The molecule has 6 heteroatoms. The molecule has 1 saturated carbocycles. The minimum atomic E-state index is -0.359. The Morgan fingerprint density at radius 2 is 2.20 bits per heavy atom. The van der Waals surface area contributed by atoms with Crippen LogP contribution in [-0.4, -0.2) is 28.0 Å². The van der Waals surface area contributed by atoms with E-state index in [1.165, 1.54) is 30.4 Å². The molecule has 0 amide bonds. The van der Waals surface area contributed by atoms with E-state index < -0.39 is 0 Å². The number of nitrogens with zero attached hydrogens (tertiary/aromatic N) is 2. The monoisotopic (exact) mass is 299 g/mol. The van der Waals surface area contributed by atoms with E-state index in [0.29, 0.717) is 11.1 Å². The van der Waals surface area contributed by atoms with Gasteiger partial charge in [0.1, 0.15) is 5.02 Å². The lowest BCUT2D eigenvalue weighted by Crippen LogP contribution is -2.29. The van der Waals surface area contributed by atoms with E-state index in [9.17, 15) is 4.79 Å². The van der Waals surface area contributed by atoms with Crippen molar-refractivity contribution in [1.29, 1.82) is 0 Å². The van der Waals surface area contributed by atoms with Crippen molar-refractivity contribution in [3.63, 3.8) is 0 Å². The van der Waals surface area contributed by atoms with Gasteiger partial charge in [-0.05, 0) is 24.7 Å². The lowest BCUT2D eigenvalue weighted by molar-refractivity contribution is 0.266. The van der Waals surface area contributed by atoms with Crippen molar-refractivity contribution < 1.29 is 5.11 Å². The van der Waals surface area contributed by atoms with Crippen molar-refractivity contribution in [2.24, 2.45) is 5.41 Å². The molecule has 2 rings (SSSR count). The number of hydrogen-bond acceptors (Lipinski definition) is 4. The zero-order valence-electron chi connectivity index (χ0n) is 11.9. The standard InChI is InChI=1S/C14H22ClN3O2/c1-2-14(5-3-4-6-14)10-16-11-9-17-18(7-8-19)13(20)12(11)15/h9,16,19H,2-8,10H2,1H3. The molecule has 1 aliphatic rings. The van der Waals surface area contributed by atoms with Crippen LogP contribution >= 0.6 is 11.6 Å². The Bertz CT molecular complexity index is 510. The molecule has 2 N–H and O–H groups in total. The van der Waals surface area contributed by atoms with Crippen LogP contribution in [0.5, 0.6) is 0 Å². The molecule has 1 aliphatic carbocycles. The van der Waals surface area contributed by atoms with Gasteiger partial charge in [0, 0.05) is 6.54 Å². The van der Waals surface area contributed by atoms with Gasteiger partial charge in [-0.2, -0.15) is 5.10 Å². The molecule has 0 atom stereocenters. The molecule has 0 unspecified atom stereocenters. The molecule has 1 fully saturated rings. The third kappa shape index (κ3) is 3.15. The molecular weight excluding hydrogens is 278 g/mol. The van der Waals surface area contributed by atoms with Crippen molar-refractivity contribution in [3.8, 4) is 0 Å². The summed E-state index contributed by atoms with van der Waals surface area (Å²) < 4.78 is 1.18. The summed E-state index contributed by atoms with van der Waals surface area (Å²) in [6.07, 6.45) is 7.70. The van der Waals surface area contributed by atoms with Gasteiger partial charge in [0.15, 0.2) is 0 Å². The summed E-state index contributed by atoms with van der Waals surface area (Å²) in [5.74, 6) is 0. The molecule has 0 aliphatic heterocycles. The van der Waals surface area contributed by atoms with E-state index in [2.05, 4.69) is 17.3 Å². The van der Waals surface area contributed by atoms with Gasteiger partial charge in [-0.1, -0.05) is 31.4 Å². The van der Waals surface area contributed by atoms with Crippen LogP contribution in [0.1, 0.15) is 39.0 Å². The third-order valence-corrected chi connectivity index (χ3v) is 4.73. The molecular formula is C14H22ClN3O2. The SMILES string of the molecule is CCC1(CNc2cnn(CCO)c(=O)c2Cl)CCCC1. The quantitative estimate of drug-likeness (QED) is 0.845. The molecule has 1 aromatic heterocycles. The van der Waals surface area contributed by atoms with E-state index >= 15 is 0 Å². The molecule has 1 aromatic rings. The Morgan fingerprint density at radius 3 is 2.80 bits per heavy atom. The highest BCUT2D eigenvalue weighted by atomic mass is 35.5. The molecule has 20 heavy (non-hydrogen) atoms. The van der Waals surface area contributed by atoms with Gasteiger partial charge in [0.05, 0.1) is 25.0 Å². The molecule has 0 radical (unpaired) electrons. The fourth-order valence-corrected chi connectivity index (χ4v) is 3.12. The number of halogens is 1. The van der Waals surface area contributed by atoms with E-state index in [1.54, 1.807) is 6.20 Å². The second-order valence-electron chi connectivity index (χ2n) is 5.54. The zero-order chi connectivity index (χ0) is 14.6. The van der Waals surface area contributed by atoms with Gasteiger partial charge in [0.2, 0.25) is 0 Å². The largest absolute Gasteiger partial charge is 0.394 e. The van der Waals surface area contributed by atoms with Crippen molar-refractivity contribution in [2.45, 2.75) is 45.6 Å². The highest BCUT2D eigenvalue weighted by Crippen LogP contribution is 2.41. The van der Waals surface area contributed by atoms with E-state index in [1.807, 2.05) is 0 Å². The maximum Gasteiger partial charge on any atom is 0.287 e. The predicted molar refractivity (Wildman–Crippen MR) is 80.3 cm³/mol. The van der Waals surface area contributed by atoms with Crippen LogP contribution in [0, 0.1) is 5.41 Å². The molecule has 5 nitrogen and oxygen atoms in total. The summed E-state index contributed by atoms with van der Waals surface area (Å²) in [4.78, 5) is 11.9. The maximum atomic E-state index is 11.9. The van der Waals surface area contributed by atoms with E-state index in [4.69, 9.17) is 16.7 Å². The lowest BCUT2D eigenvalue weighted by atomic mass is 9.83. The number of anilines is 1. The minimum absolute atomic E-state index is 0.130. The van der Waals surface area contributed by atoms with Gasteiger partial charge >= 0.3 is 0 Å². The molecule has 0 saturated heterocycles.